The van der Waals surface area contributed by atoms with Crippen molar-refractivity contribution in [3.8, 4) is 0 Å². The van der Waals surface area contributed by atoms with Crippen molar-refractivity contribution in [2.45, 2.75) is 13.8 Å². The number of furan rings is 1. The zero-order chi connectivity index (χ0) is 23.9. The van der Waals surface area contributed by atoms with E-state index in [4.69, 9.17) is 34.6 Å². The fourth-order valence-electron chi connectivity index (χ4n) is 3.55. The average Bonchev–Trinajstić information content (AvgIpc) is 3.36. The summed E-state index contributed by atoms with van der Waals surface area (Å²) in [6.45, 7) is 3.87. The molecule has 0 saturated carbocycles. The van der Waals surface area contributed by atoms with Gasteiger partial charge in [-0.25, -0.2) is 9.98 Å². The van der Waals surface area contributed by atoms with Crippen LogP contribution in [0.5, 0.6) is 0 Å². The summed E-state index contributed by atoms with van der Waals surface area (Å²) in [6.07, 6.45) is 3.56. The van der Waals surface area contributed by atoms with Gasteiger partial charge in [0.2, 0.25) is 0 Å². The van der Waals surface area contributed by atoms with Gasteiger partial charge in [-0.3, -0.25) is 9.97 Å². The summed E-state index contributed by atoms with van der Waals surface area (Å²) in [5.74, 6) is 1.40. The predicted octanol–water partition coefficient (Wildman–Crippen LogP) is 8.03. The Morgan fingerprint density at radius 1 is 0.676 bits per heavy atom. The van der Waals surface area contributed by atoms with Gasteiger partial charge in [0.25, 0.3) is 0 Å². The van der Waals surface area contributed by atoms with Crippen LogP contribution in [0.2, 0.25) is 0 Å². The van der Waals surface area contributed by atoms with Crippen LogP contribution in [0.15, 0.2) is 99.6 Å². The van der Waals surface area contributed by atoms with Crippen LogP contribution in [0, 0.1) is 0 Å². The molecule has 5 rings (SSSR count). The molecule has 2 aromatic carbocycles. The van der Waals surface area contributed by atoms with Gasteiger partial charge in [-0.05, 0) is 50.2 Å². The summed E-state index contributed by atoms with van der Waals surface area (Å²) in [5.41, 5.74) is 4.95. The first kappa shape index (κ1) is 24.1. The number of pyridine rings is 2. The van der Waals surface area contributed by atoms with E-state index in [1.165, 1.54) is 0 Å². The molecule has 5 aromatic rings. The number of fused-ring (bicyclic) bond motifs is 2. The summed E-state index contributed by atoms with van der Waals surface area (Å²) in [4.78, 5) is 18.5. The second-order valence-corrected chi connectivity index (χ2v) is 9.14. The maximum atomic E-state index is 6.07. The predicted molar refractivity (Wildman–Crippen MR) is 138 cm³/mol. The first-order chi connectivity index (χ1) is 16.6. The van der Waals surface area contributed by atoms with E-state index >= 15 is 0 Å². The summed E-state index contributed by atoms with van der Waals surface area (Å²) in [6, 6.07) is 23.7. The Morgan fingerprint density at radius 3 is 1.53 bits per heavy atom. The fraction of sp³-hybridized carbons (Fsp3) is 0.0769. The standard InChI is InChI=1S/C26H20N4O.2ClH.Fe/c1-17(29-21-11-3-7-19-9-5-15-27-25(19)21)23-13-14-24(31-23)18(2)30-22-12-4-8-20-10-6-16-28-26(20)22;;;/h3-16H,1-2H3;2*1H;/q;;;+2/p-2. The number of hydrogen-bond acceptors (Lipinski definition) is 5. The van der Waals surface area contributed by atoms with E-state index < -0.39 is 0 Å². The summed E-state index contributed by atoms with van der Waals surface area (Å²) in [7, 11) is 9.53. The van der Waals surface area contributed by atoms with Crippen LogP contribution in [0.25, 0.3) is 21.8 Å². The molecule has 0 aliphatic rings. The Labute approximate surface area is 212 Å². The third kappa shape index (κ3) is 5.54. The van der Waals surface area contributed by atoms with E-state index in [1.807, 2.05) is 86.6 Å². The van der Waals surface area contributed by atoms with Gasteiger partial charge in [0.05, 0.1) is 33.8 Å². The zero-order valence-corrected chi connectivity index (χ0v) is 21.0. The molecule has 0 aliphatic carbocycles. The molecule has 0 N–H and O–H groups in total. The second kappa shape index (κ2) is 11.4. The second-order valence-electron chi connectivity index (χ2n) is 7.31. The summed E-state index contributed by atoms with van der Waals surface area (Å²) < 4.78 is 6.07. The van der Waals surface area contributed by atoms with Crippen LogP contribution >= 0.6 is 20.2 Å². The molecule has 3 aromatic heterocycles. The Bertz CT molecular complexity index is 1380. The Balaban J connectivity index is 0.000000868. The Morgan fingerprint density at radius 2 is 1.09 bits per heavy atom. The molecule has 0 amide bonds. The van der Waals surface area contributed by atoms with Crippen molar-refractivity contribution in [2.75, 3.05) is 0 Å². The molecular formula is C26H20Cl2FeN4O. The molecule has 0 spiro atoms. The zero-order valence-electron chi connectivity index (χ0n) is 18.4. The van der Waals surface area contributed by atoms with Gasteiger partial charge in [0.1, 0.15) is 11.5 Å². The monoisotopic (exact) mass is 530 g/mol. The summed E-state index contributed by atoms with van der Waals surface area (Å²) in [5, 5.41) is 2.12. The van der Waals surface area contributed by atoms with Gasteiger partial charge >= 0.3 is 33.3 Å². The van der Waals surface area contributed by atoms with Crippen molar-refractivity contribution in [1.29, 1.82) is 0 Å². The molecule has 0 radical (unpaired) electrons. The average molecular weight is 531 g/mol. The van der Waals surface area contributed by atoms with E-state index in [0.717, 1.165) is 44.6 Å². The van der Waals surface area contributed by atoms with Crippen molar-refractivity contribution in [1.82, 2.24) is 9.97 Å². The van der Waals surface area contributed by atoms with Crippen LogP contribution in [-0.4, -0.2) is 21.4 Å². The van der Waals surface area contributed by atoms with Crippen LogP contribution in [0.1, 0.15) is 25.4 Å². The number of hydrogen-bond donors (Lipinski definition) is 0. The van der Waals surface area contributed by atoms with Crippen molar-refractivity contribution in [2.24, 2.45) is 9.98 Å². The Kier molecular flexibility index (Phi) is 8.09. The molecule has 0 fully saturated rings. The summed E-state index contributed by atoms with van der Waals surface area (Å²) >= 11 is 0.194. The van der Waals surface area contributed by atoms with Crippen LogP contribution in [0.3, 0.4) is 0 Å². The van der Waals surface area contributed by atoms with E-state index in [2.05, 4.69) is 9.97 Å². The minimum absolute atomic E-state index is 0.194. The van der Waals surface area contributed by atoms with Crippen molar-refractivity contribution in [3.05, 3.63) is 96.7 Å². The molecule has 3 heterocycles. The maximum absolute atomic E-state index is 6.07. The molecule has 34 heavy (non-hydrogen) atoms. The topological polar surface area (TPSA) is 63.6 Å². The van der Waals surface area contributed by atoms with Crippen LogP contribution in [-0.2, 0) is 13.1 Å². The first-order valence-electron chi connectivity index (χ1n) is 10.3. The number of aromatic nitrogens is 2. The SMILES string of the molecule is CC(=Nc1cccc2cccnc12)c1ccc(C(C)=Nc2cccc3cccnc23)o1.[Cl][Fe][Cl]. The van der Waals surface area contributed by atoms with Crippen LogP contribution < -0.4 is 0 Å². The number of benzene rings is 2. The first-order valence-corrected chi connectivity index (χ1v) is 13.4. The van der Waals surface area contributed by atoms with Gasteiger partial charge in [-0.1, -0.05) is 36.4 Å². The van der Waals surface area contributed by atoms with E-state index in [-0.39, 0.29) is 13.1 Å². The van der Waals surface area contributed by atoms with Gasteiger partial charge in [0.15, 0.2) is 0 Å². The number of rotatable bonds is 4. The molecule has 0 saturated heterocycles. The number of halogens is 2. The fourth-order valence-corrected chi connectivity index (χ4v) is 3.55. The van der Waals surface area contributed by atoms with Gasteiger partial charge in [0, 0.05) is 23.2 Å². The molecule has 172 valence electrons. The van der Waals surface area contributed by atoms with Crippen molar-refractivity contribution in [3.63, 3.8) is 0 Å². The molecule has 5 nitrogen and oxygen atoms in total. The number of nitrogens with zero attached hydrogens (tertiary/aromatic N) is 4. The van der Waals surface area contributed by atoms with E-state index in [1.54, 1.807) is 12.4 Å². The van der Waals surface area contributed by atoms with Gasteiger partial charge in [-0.15, -0.1) is 0 Å². The quantitative estimate of drug-likeness (QED) is 0.174. The third-order valence-electron chi connectivity index (χ3n) is 5.12. The molecular weight excluding hydrogens is 511 g/mol. The minimum atomic E-state index is 0.194. The van der Waals surface area contributed by atoms with Crippen molar-refractivity contribution < 1.29 is 17.6 Å². The van der Waals surface area contributed by atoms with E-state index in [9.17, 15) is 0 Å². The molecule has 0 atom stereocenters. The molecule has 0 aliphatic heterocycles. The molecule has 8 heteroatoms. The van der Waals surface area contributed by atoms with Gasteiger partial charge in [-0.2, -0.15) is 0 Å². The number of para-hydroxylation sites is 2. The number of aliphatic imine (C=N–C) groups is 2. The van der Waals surface area contributed by atoms with E-state index in [0.29, 0.717) is 11.5 Å². The third-order valence-corrected chi connectivity index (χ3v) is 5.12. The molecule has 0 bridgehead atoms. The van der Waals surface area contributed by atoms with Crippen molar-refractivity contribution >= 4 is 64.8 Å². The normalized spacial score (nSPS) is 12.1. The molecule has 0 unspecified atom stereocenters. The Hall–Kier alpha value is -3.02. The van der Waals surface area contributed by atoms with Gasteiger partial charge < -0.3 is 4.42 Å². The van der Waals surface area contributed by atoms with Crippen LogP contribution in [0.4, 0.5) is 11.4 Å².